The number of hydrogen-bond donors (Lipinski definition) is 0. The summed E-state index contributed by atoms with van der Waals surface area (Å²) in [6.07, 6.45) is 9.70. The zero-order valence-corrected chi connectivity index (χ0v) is 5.63. The first-order valence-corrected chi connectivity index (χ1v) is 3.48. The molecule has 50 valence electrons. The Bertz CT molecular complexity index is 266. The van der Waals surface area contributed by atoms with Crippen LogP contribution in [0.5, 0.6) is 0 Å². The molecule has 0 saturated carbocycles. The van der Waals surface area contributed by atoms with Crippen molar-refractivity contribution >= 4 is 5.78 Å². The average Bonchev–Trinajstić information content (AvgIpc) is 2.06. The fourth-order valence-electron chi connectivity index (χ4n) is 1.32. The second-order valence-electron chi connectivity index (χ2n) is 2.56. The molecule has 0 atom stereocenters. The fourth-order valence-corrected chi connectivity index (χ4v) is 1.32. The van der Waals surface area contributed by atoms with Crippen LogP contribution < -0.4 is 0 Å². The van der Waals surface area contributed by atoms with Crippen LogP contribution in [0.3, 0.4) is 0 Å². The Morgan fingerprint density at radius 2 is 2.20 bits per heavy atom. The van der Waals surface area contributed by atoms with Crippen LogP contribution in [0.2, 0.25) is 0 Å². The third-order valence-corrected chi connectivity index (χ3v) is 1.89. The van der Waals surface area contributed by atoms with Crippen molar-refractivity contribution in [3.63, 3.8) is 0 Å². The summed E-state index contributed by atoms with van der Waals surface area (Å²) in [4.78, 5) is 11.2. The zero-order chi connectivity index (χ0) is 6.97. The molecule has 2 rings (SSSR count). The first-order valence-electron chi connectivity index (χ1n) is 3.48. The quantitative estimate of drug-likeness (QED) is 0.491. The van der Waals surface area contributed by atoms with E-state index in [1.54, 1.807) is 0 Å². The number of carbonyl (C=O) groups is 1. The Kier molecular flexibility index (Phi) is 1.10. The molecule has 1 heteroatoms. The molecule has 0 N–H and O–H groups in total. The molecule has 0 saturated heterocycles. The molecule has 2 bridgehead atoms. The number of carbonyl (C=O) groups excluding carboxylic acids is 1. The van der Waals surface area contributed by atoms with Gasteiger partial charge in [-0.05, 0) is 12.8 Å². The highest BCUT2D eigenvalue weighted by atomic mass is 16.1. The van der Waals surface area contributed by atoms with Crippen molar-refractivity contribution < 1.29 is 4.79 Å². The molecule has 10 heavy (non-hydrogen) atoms. The molecule has 0 amide bonds. The highest BCUT2D eigenvalue weighted by Gasteiger charge is 2.19. The molecule has 0 aliphatic heterocycles. The van der Waals surface area contributed by atoms with E-state index in [9.17, 15) is 4.79 Å². The summed E-state index contributed by atoms with van der Waals surface area (Å²) in [6.45, 7) is 0. The van der Waals surface area contributed by atoms with Gasteiger partial charge in [0.25, 0.3) is 0 Å². The number of fused-ring (bicyclic) bond motifs is 2. The predicted octanol–water partition coefficient (Wildman–Crippen LogP) is 1.77. The van der Waals surface area contributed by atoms with Gasteiger partial charge in [0.1, 0.15) is 0 Å². The van der Waals surface area contributed by atoms with Crippen molar-refractivity contribution in [3.8, 4) is 0 Å². The lowest BCUT2D eigenvalue weighted by Crippen LogP contribution is -1.94. The van der Waals surface area contributed by atoms with Crippen LogP contribution in [-0.4, -0.2) is 5.78 Å². The second kappa shape index (κ2) is 1.94. The van der Waals surface area contributed by atoms with Crippen molar-refractivity contribution in [1.29, 1.82) is 0 Å². The third kappa shape index (κ3) is 0.670. The molecule has 2 aliphatic carbocycles. The lowest BCUT2D eigenvalue weighted by atomic mass is 10.1. The van der Waals surface area contributed by atoms with Crippen LogP contribution in [0.15, 0.2) is 35.5 Å². The van der Waals surface area contributed by atoms with Crippen LogP contribution >= 0.6 is 0 Å². The number of hydrogen-bond acceptors (Lipinski definition) is 1. The van der Waals surface area contributed by atoms with Crippen LogP contribution in [0.25, 0.3) is 0 Å². The monoisotopic (exact) mass is 132 g/mol. The van der Waals surface area contributed by atoms with Crippen molar-refractivity contribution in [2.24, 2.45) is 0 Å². The normalized spacial score (nSPS) is 22.2. The molecule has 0 unspecified atom stereocenters. The summed E-state index contributed by atoms with van der Waals surface area (Å²) in [5, 5.41) is 0. The smallest absolute Gasteiger partial charge is 0.188 e. The maximum absolute atomic E-state index is 11.2. The lowest BCUT2D eigenvalue weighted by Gasteiger charge is -1.89. The minimum Gasteiger partial charge on any atom is -0.289 e. The van der Waals surface area contributed by atoms with Gasteiger partial charge in [-0.1, -0.05) is 24.3 Å². The molecule has 2 aliphatic rings. The molecule has 0 spiro atoms. The Hall–Kier alpha value is -1.11. The molecule has 0 fully saturated rings. The van der Waals surface area contributed by atoms with E-state index in [0.29, 0.717) is 0 Å². The predicted molar refractivity (Wildman–Crippen MR) is 39.5 cm³/mol. The molecule has 0 aromatic rings. The molecule has 0 radical (unpaired) electrons. The second-order valence-corrected chi connectivity index (χ2v) is 2.56. The van der Waals surface area contributed by atoms with Crippen molar-refractivity contribution in [2.75, 3.05) is 0 Å². The van der Waals surface area contributed by atoms with Gasteiger partial charge in [-0.3, -0.25) is 4.79 Å². The van der Waals surface area contributed by atoms with Gasteiger partial charge in [0, 0.05) is 11.1 Å². The lowest BCUT2D eigenvalue weighted by molar-refractivity contribution is -0.111. The van der Waals surface area contributed by atoms with Crippen LogP contribution in [0, 0.1) is 0 Å². The molecule has 1 nitrogen and oxygen atoms in total. The largest absolute Gasteiger partial charge is 0.289 e. The molecular formula is C9H8O. The Morgan fingerprint density at radius 3 is 3.10 bits per heavy atom. The summed E-state index contributed by atoms with van der Waals surface area (Å²) in [5.41, 5.74) is 1.85. The Balaban J connectivity index is 2.52. The molecule has 0 aromatic carbocycles. The van der Waals surface area contributed by atoms with E-state index < -0.39 is 0 Å². The molecular weight excluding hydrogens is 124 g/mol. The standard InChI is InChI=1S/C9H8O/c10-9-7-3-1-2-4-8(9)6-5-7/h1,3-5H,2,6H2. The van der Waals surface area contributed by atoms with E-state index in [-0.39, 0.29) is 5.78 Å². The summed E-state index contributed by atoms with van der Waals surface area (Å²) < 4.78 is 0. The van der Waals surface area contributed by atoms with E-state index >= 15 is 0 Å². The minimum absolute atomic E-state index is 0.230. The average molecular weight is 132 g/mol. The SMILES string of the molecule is O=C1C2=CCC1=CCC=C2. The van der Waals surface area contributed by atoms with E-state index in [1.807, 2.05) is 24.3 Å². The maximum atomic E-state index is 11.2. The molecule has 0 heterocycles. The number of Topliss-reactive ketones (excluding diaryl/α,β-unsaturated/α-hetero) is 1. The van der Waals surface area contributed by atoms with Crippen LogP contribution in [-0.2, 0) is 4.79 Å². The highest BCUT2D eigenvalue weighted by molar-refractivity contribution is 6.13. The van der Waals surface area contributed by atoms with Gasteiger partial charge < -0.3 is 0 Å². The van der Waals surface area contributed by atoms with Gasteiger partial charge in [-0.25, -0.2) is 0 Å². The van der Waals surface area contributed by atoms with Crippen LogP contribution in [0.1, 0.15) is 12.8 Å². The van der Waals surface area contributed by atoms with E-state index in [0.717, 1.165) is 24.0 Å². The number of rotatable bonds is 0. The summed E-state index contributed by atoms with van der Waals surface area (Å²) in [7, 11) is 0. The number of allylic oxidation sites excluding steroid dienone is 6. The summed E-state index contributed by atoms with van der Waals surface area (Å²) in [6, 6.07) is 0. The van der Waals surface area contributed by atoms with Gasteiger partial charge in [-0.15, -0.1) is 0 Å². The maximum Gasteiger partial charge on any atom is 0.188 e. The highest BCUT2D eigenvalue weighted by Crippen LogP contribution is 2.24. The van der Waals surface area contributed by atoms with Gasteiger partial charge in [0.2, 0.25) is 0 Å². The summed E-state index contributed by atoms with van der Waals surface area (Å²) >= 11 is 0. The Morgan fingerprint density at radius 1 is 1.30 bits per heavy atom. The van der Waals surface area contributed by atoms with E-state index in [2.05, 4.69) is 0 Å². The number of ketones is 1. The van der Waals surface area contributed by atoms with Crippen molar-refractivity contribution in [1.82, 2.24) is 0 Å². The van der Waals surface area contributed by atoms with E-state index in [1.165, 1.54) is 0 Å². The van der Waals surface area contributed by atoms with Gasteiger partial charge in [0.15, 0.2) is 5.78 Å². The third-order valence-electron chi connectivity index (χ3n) is 1.89. The fraction of sp³-hybridized carbons (Fsp3) is 0.222. The van der Waals surface area contributed by atoms with Gasteiger partial charge >= 0.3 is 0 Å². The summed E-state index contributed by atoms with van der Waals surface area (Å²) in [5.74, 6) is 0.230. The topological polar surface area (TPSA) is 17.1 Å². The first-order chi connectivity index (χ1) is 4.88. The minimum atomic E-state index is 0.230. The Labute approximate surface area is 59.7 Å². The molecule has 0 aromatic heterocycles. The van der Waals surface area contributed by atoms with Gasteiger partial charge in [-0.2, -0.15) is 0 Å². The van der Waals surface area contributed by atoms with Gasteiger partial charge in [0.05, 0.1) is 0 Å². The van der Waals surface area contributed by atoms with E-state index in [4.69, 9.17) is 0 Å². The van der Waals surface area contributed by atoms with Crippen molar-refractivity contribution in [3.05, 3.63) is 35.5 Å². The van der Waals surface area contributed by atoms with Crippen molar-refractivity contribution in [2.45, 2.75) is 12.8 Å². The van der Waals surface area contributed by atoms with Crippen LogP contribution in [0.4, 0.5) is 0 Å². The first kappa shape index (κ1) is 5.66. The zero-order valence-electron chi connectivity index (χ0n) is 5.63.